The Hall–Kier alpha value is -3.22. The van der Waals surface area contributed by atoms with E-state index in [0.29, 0.717) is 23.0 Å². The first-order valence-electron chi connectivity index (χ1n) is 7.89. The van der Waals surface area contributed by atoms with Gasteiger partial charge in [-0.1, -0.05) is 0 Å². The predicted octanol–water partition coefficient (Wildman–Crippen LogP) is 2.63. The maximum absolute atomic E-state index is 11.9. The molecule has 0 saturated heterocycles. The van der Waals surface area contributed by atoms with Gasteiger partial charge in [-0.25, -0.2) is 5.43 Å². The molecule has 0 aliphatic heterocycles. The van der Waals surface area contributed by atoms with E-state index < -0.39 is 0 Å². The van der Waals surface area contributed by atoms with E-state index in [2.05, 4.69) is 10.5 Å². The SMILES string of the molecule is COc1ccc(OCC(=O)N/N=C(/C)c2ccc(OC)cc2OC)cc1. The van der Waals surface area contributed by atoms with Gasteiger partial charge in [0.25, 0.3) is 5.91 Å². The molecular weight excluding hydrogens is 336 g/mol. The zero-order valence-electron chi connectivity index (χ0n) is 15.2. The summed E-state index contributed by atoms with van der Waals surface area (Å²) >= 11 is 0. The molecule has 2 rings (SSSR count). The monoisotopic (exact) mass is 358 g/mol. The van der Waals surface area contributed by atoms with Crippen molar-refractivity contribution in [2.45, 2.75) is 6.92 Å². The molecule has 0 aromatic heterocycles. The van der Waals surface area contributed by atoms with Crippen molar-refractivity contribution in [2.24, 2.45) is 5.10 Å². The van der Waals surface area contributed by atoms with Crippen LogP contribution in [0.5, 0.6) is 23.0 Å². The Morgan fingerprint density at radius 1 is 0.923 bits per heavy atom. The molecule has 0 heterocycles. The number of hydrogen-bond acceptors (Lipinski definition) is 6. The molecule has 1 N–H and O–H groups in total. The summed E-state index contributed by atoms with van der Waals surface area (Å²) in [4.78, 5) is 11.9. The molecule has 0 fully saturated rings. The van der Waals surface area contributed by atoms with Gasteiger partial charge in [0.15, 0.2) is 6.61 Å². The van der Waals surface area contributed by atoms with Crippen LogP contribution in [0.1, 0.15) is 12.5 Å². The molecule has 2 aromatic rings. The van der Waals surface area contributed by atoms with Crippen LogP contribution in [0.3, 0.4) is 0 Å². The van der Waals surface area contributed by atoms with E-state index in [1.807, 2.05) is 6.07 Å². The number of ether oxygens (including phenoxy) is 4. The quantitative estimate of drug-likeness (QED) is 0.580. The van der Waals surface area contributed by atoms with Crippen LogP contribution in [0.4, 0.5) is 0 Å². The Labute approximate surface area is 152 Å². The molecule has 0 aliphatic carbocycles. The zero-order chi connectivity index (χ0) is 18.9. The number of hydrogen-bond donors (Lipinski definition) is 1. The topological polar surface area (TPSA) is 78.4 Å². The molecule has 0 bridgehead atoms. The Balaban J connectivity index is 1.94. The lowest BCUT2D eigenvalue weighted by Crippen LogP contribution is -2.25. The van der Waals surface area contributed by atoms with E-state index in [1.165, 1.54) is 0 Å². The van der Waals surface area contributed by atoms with Crippen molar-refractivity contribution in [3.8, 4) is 23.0 Å². The fourth-order valence-electron chi connectivity index (χ4n) is 2.16. The number of methoxy groups -OCH3 is 3. The van der Waals surface area contributed by atoms with Crippen molar-refractivity contribution in [3.63, 3.8) is 0 Å². The number of nitrogens with zero attached hydrogens (tertiary/aromatic N) is 1. The summed E-state index contributed by atoms with van der Waals surface area (Å²) in [7, 11) is 4.73. The summed E-state index contributed by atoms with van der Waals surface area (Å²) in [5.74, 6) is 2.20. The third-order valence-corrected chi connectivity index (χ3v) is 3.58. The Kier molecular flexibility index (Phi) is 6.84. The molecule has 26 heavy (non-hydrogen) atoms. The van der Waals surface area contributed by atoms with Gasteiger partial charge in [0.05, 0.1) is 27.0 Å². The van der Waals surface area contributed by atoms with Crippen molar-refractivity contribution < 1.29 is 23.7 Å². The number of amides is 1. The normalized spacial score (nSPS) is 10.8. The van der Waals surface area contributed by atoms with E-state index in [4.69, 9.17) is 18.9 Å². The van der Waals surface area contributed by atoms with E-state index in [1.54, 1.807) is 64.7 Å². The highest BCUT2D eigenvalue weighted by molar-refractivity contribution is 6.01. The third-order valence-electron chi connectivity index (χ3n) is 3.58. The molecule has 7 nitrogen and oxygen atoms in total. The number of carbonyl (C=O) groups is 1. The standard InChI is InChI=1S/C19H22N2O5/c1-13(17-10-9-16(24-3)11-18(17)25-4)20-21-19(22)12-26-15-7-5-14(23-2)6-8-15/h5-11H,12H2,1-4H3,(H,21,22)/b20-13-. The first-order chi connectivity index (χ1) is 12.6. The third kappa shape index (κ3) is 5.14. The summed E-state index contributed by atoms with van der Waals surface area (Å²) in [5.41, 5.74) is 3.82. The van der Waals surface area contributed by atoms with Crippen LogP contribution in [0.25, 0.3) is 0 Å². The van der Waals surface area contributed by atoms with Crippen LogP contribution in [0.15, 0.2) is 47.6 Å². The van der Waals surface area contributed by atoms with Crippen molar-refractivity contribution in [1.82, 2.24) is 5.43 Å². The van der Waals surface area contributed by atoms with Gasteiger partial charge in [-0.2, -0.15) is 5.10 Å². The molecule has 1 amide bonds. The van der Waals surface area contributed by atoms with Gasteiger partial charge in [-0.3, -0.25) is 4.79 Å². The Morgan fingerprint density at radius 3 is 2.15 bits per heavy atom. The first-order valence-corrected chi connectivity index (χ1v) is 7.89. The summed E-state index contributed by atoms with van der Waals surface area (Å²) in [5, 5.41) is 4.09. The molecule has 0 radical (unpaired) electrons. The van der Waals surface area contributed by atoms with Gasteiger partial charge in [-0.15, -0.1) is 0 Å². The number of hydrazone groups is 1. The number of nitrogens with one attached hydrogen (secondary N) is 1. The van der Waals surface area contributed by atoms with Gasteiger partial charge in [0.2, 0.25) is 0 Å². The molecule has 0 atom stereocenters. The van der Waals surface area contributed by atoms with Crippen molar-refractivity contribution >= 4 is 11.6 Å². The second kappa shape index (κ2) is 9.31. The summed E-state index contributed by atoms with van der Waals surface area (Å²) < 4.78 is 21.0. The van der Waals surface area contributed by atoms with Crippen LogP contribution >= 0.6 is 0 Å². The van der Waals surface area contributed by atoms with Crippen molar-refractivity contribution in [3.05, 3.63) is 48.0 Å². The van der Waals surface area contributed by atoms with Crippen LogP contribution < -0.4 is 24.4 Å². The highest BCUT2D eigenvalue weighted by Gasteiger charge is 2.09. The summed E-state index contributed by atoms with van der Waals surface area (Å²) in [6.45, 7) is 1.62. The van der Waals surface area contributed by atoms with Gasteiger partial charge in [0.1, 0.15) is 23.0 Å². The Bertz CT molecular complexity index is 772. The maximum atomic E-state index is 11.9. The predicted molar refractivity (Wildman–Crippen MR) is 98.4 cm³/mol. The Morgan fingerprint density at radius 2 is 1.54 bits per heavy atom. The van der Waals surface area contributed by atoms with Gasteiger partial charge < -0.3 is 18.9 Å². The highest BCUT2D eigenvalue weighted by atomic mass is 16.5. The molecule has 0 unspecified atom stereocenters. The average molecular weight is 358 g/mol. The molecular formula is C19H22N2O5. The van der Waals surface area contributed by atoms with Crippen LogP contribution in [-0.4, -0.2) is 39.6 Å². The number of benzene rings is 2. The second-order valence-electron chi connectivity index (χ2n) is 5.26. The van der Waals surface area contributed by atoms with Crippen LogP contribution in [-0.2, 0) is 4.79 Å². The maximum Gasteiger partial charge on any atom is 0.277 e. The van der Waals surface area contributed by atoms with Crippen LogP contribution in [0.2, 0.25) is 0 Å². The molecule has 0 spiro atoms. The minimum absolute atomic E-state index is 0.150. The smallest absolute Gasteiger partial charge is 0.277 e. The fraction of sp³-hybridized carbons (Fsp3) is 0.263. The largest absolute Gasteiger partial charge is 0.497 e. The van der Waals surface area contributed by atoms with Crippen molar-refractivity contribution in [2.75, 3.05) is 27.9 Å². The second-order valence-corrected chi connectivity index (χ2v) is 5.26. The lowest BCUT2D eigenvalue weighted by Gasteiger charge is -2.10. The molecule has 7 heteroatoms. The minimum atomic E-state index is -0.368. The lowest BCUT2D eigenvalue weighted by atomic mass is 10.1. The number of carbonyl (C=O) groups excluding carboxylic acids is 1. The van der Waals surface area contributed by atoms with Gasteiger partial charge in [0, 0.05) is 11.6 Å². The number of rotatable bonds is 8. The molecule has 2 aromatic carbocycles. The van der Waals surface area contributed by atoms with E-state index in [0.717, 1.165) is 11.3 Å². The minimum Gasteiger partial charge on any atom is -0.497 e. The molecule has 0 saturated carbocycles. The molecule has 0 aliphatic rings. The van der Waals surface area contributed by atoms with Gasteiger partial charge in [-0.05, 0) is 43.3 Å². The highest BCUT2D eigenvalue weighted by Crippen LogP contribution is 2.25. The van der Waals surface area contributed by atoms with E-state index >= 15 is 0 Å². The summed E-state index contributed by atoms with van der Waals surface area (Å²) in [6, 6.07) is 12.3. The van der Waals surface area contributed by atoms with E-state index in [9.17, 15) is 4.79 Å². The van der Waals surface area contributed by atoms with Crippen LogP contribution in [0, 0.1) is 0 Å². The summed E-state index contributed by atoms with van der Waals surface area (Å²) in [6.07, 6.45) is 0. The lowest BCUT2D eigenvalue weighted by molar-refractivity contribution is -0.123. The molecule has 138 valence electrons. The average Bonchev–Trinajstić information content (AvgIpc) is 2.70. The van der Waals surface area contributed by atoms with E-state index in [-0.39, 0.29) is 12.5 Å². The zero-order valence-corrected chi connectivity index (χ0v) is 15.2. The first kappa shape index (κ1) is 19.1. The van der Waals surface area contributed by atoms with Crippen molar-refractivity contribution in [1.29, 1.82) is 0 Å². The van der Waals surface area contributed by atoms with Gasteiger partial charge >= 0.3 is 0 Å². The fourth-order valence-corrected chi connectivity index (χ4v) is 2.16.